The molecule has 0 aromatic heterocycles. The highest BCUT2D eigenvalue weighted by molar-refractivity contribution is 5.97. The number of rotatable bonds is 4. The normalized spacial score (nSPS) is 10.5. The van der Waals surface area contributed by atoms with Crippen LogP contribution in [0, 0.1) is 0 Å². The second-order valence-electron chi connectivity index (χ2n) is 6.67. The number of hydrogen-bond acceptors (Lipinski definition) is 6. The summed E-state index contributed by atoms with van der Waals surface area (Å²) in [7, 11) is 0. The summed E-state index contributed by atoms with van der Waals surface area (Å²) in [6.45, 7) is 0. The molecule has 0 saturated heterocycles. The molecule has 0 aliphatic heterocycles. The van der Waals surface area contributed by atoms with Crippen molar-refractivity contribution in [1.82, 2.24) is 0 Å². The first-order valence-corrected chi connectivity index (χ1v) is 9.18. The Kier molecular flexibility index (Phi) is 5.05. The molecule has 0 saturated carbocycles. The van der Waals surface area contributed by atoms with Crippen LogP contribution >= 0.6 is 0 Å². The van der Waals surface area contributed by atoms with Crippen molar-refractivity contribution in [2.75, 3.05) is 11.5 Å². The monoisotopic (exact) mass is 398 g/mol. The number of carbonyl (C=O) groups is 2. The van der Waals surface area contributed by atoms with Gasteiger partial charge in [0.1, 0.15) is 11.5 Å². The maximum Gasteiger partial charge on any atom is 0.343 e. The molecule has 0 fully saturated rings. The number of fused-ring (bicyclic) bond motifs is 1. The lowest BCUT2D eigenvalue weighted by Crippen LogP contribution is -2.09. The van der Waals surface area contributed by atoms with Crippen molar-refractivity contribution >= 4 is 34.1 Å². The number of ether oxygens (including phenoxy) is 2. The number of anilines is 2. The summed E-state index contributed by atoms with van der Waals surface area (Å²) in [5.74, 6) is -0.249. The predicted octanol–water partition coefficient (Wildman–Crippen LogP) is 4.44. The molecule has 4 N–H and O–H groups in total. The molecular formula is C24H18N2O4. The molecule has 0 bridgehead atoms. The number of hydrogen-bond donors (Lipinski definition) is 2. The van der Waals surface area contributed by atoms with Crippen LogP contribution in [0.4, 0.5) is 11.4 Å². The van der Waals surface area contributed by atoms with E-state index in [-0.39, 0.29) is 0 Å². The van der Waals surface area contributed by atoms with Crippen LogP contribution in [0.15, 0.2) is 84.9 Å². The second kappa shape index (κ2) is 7.97. The Morgan fingerprint density at radius 1 is 0.633 bits per heavy atom. The average molecular weight is 398 g/mol. The number of nitrogens with two attached hydrogens (primary N) is 2. The van der Waals surface area contributed by atoms with Crippen molar-refractivity contribution < 1.29 is 19.1 Å². The zero-order valence-corrected chi connectivity index (χ0v) is 15.9. The van der Waals surface area contributed by atoms with Crippen molar-refractivity contribution in [3.63, 3.8) is 0 Å². The highest BCUT2D eigenvalue weighted by atomic mass is 16.5. The minimum absolute atomic E-state index is 0.361. The largest absolute Gasteiger partial charge is 0.423 e. The van der Waals surface area contributed by atoms with Gasteiger partial charge in [-0.3, -0.25) is 0 Å². The van der Waals surface area contributed by atoms with Gasteiger partial charge in [-0.15, -0.1) is 0 Å². The van der Waals surface area contributed by atoms with Crippen LogP contribution in [-0.2, 0) is 0 Å². The summed E-state index contributed by atoms with van der Waals surface area (Å²) in [5, 5.41) is 1.46. The number of carbonyl (C=O) groups excluding carboxylic acids is 2. The van der Waals surface area contributed by atoms with Crippen LogP contribution in [0.5, 0.6) is 11.5 Å². The highest BCUT2D eigenvalue weighted by Gasteiger charge is 2.13. The molecule has 0 radical (unpaired) electrons. The molecule has 148 valence electrons. The third-order valence-electron chi connectivity index (χ3n) is 4.47. The van der Waals surface area contributed by atoms with Gasteiger partial charge in [0.2, 0.25) is 0 Å². The van der Waals surface area contributed by atoms with Crippen molar-refractivity contribution in [3.05, 3.63) is 96.1 Å². The van der Waals surface area contributed by atoms with Crippen LogP contribution < -0.4 is 20.9 Å². The smallest absolute Gasteiger partial charge is 0.343 e. The van der Waals surface area contributed by atoms with E-state index in [4.69, 9.17) is 20.9 Å². The van der Waals surface area contributed by atoms with Gasteiger partial charge in [0.05, 0.1) is 11.1 Å². The topological polar surface area (TPSA) is 105 Å². The van der Waals surface area contributed by atoms with E-state index in [9.17, 15) is 9.59 Å². The van der Waals surface area contributed by atoms with Crippen molar-refractivity contribution in [3.8, 4) is 11.5 Å². The van der Waals surface area contributed by atoms with Gasteiger partial charge in [-0.1, -0.05) is 24.3 Å². The summed E-state index contributed by atoms with van der Waals surface area (Å²) in [4.78, 5) is 24.8. The number of nitrogen functional groups attached to an aromatic ring is 2. The molecule has 4 aromatic carbocycles. The summed E-state index contributed by atoms with van der Waals surface area (Å²) >= 11 is 0. The highest BCUT2D eigenvalue weighted by Crippen LogP contribution is 2.30. The molecule has 0 unspecified atom stereocenters. The quantitative estimate of drug-likeness (QED) is 0.299. The first-order chi connectivity index (χ1) is 14.5. The molecule has 4 aromatic rings. The van der Waals surface area contributed by atoms with Crippen LogP contribution in [0.1, 0.15) is 20.7 Å². The molecule has 0 atom stereocenters. The molecule has 0 spiro atoms. The molecule has 0 aliphatic carbocycles. The Labute approximate surface area is 172 Å². The first-order valence-electron chi connectivity index (χ1n) is 9.18. The average Bonchev–Trinajstić information content (AvgIpc) is 2.74. The maximum atomic E-state index is 12.4. The Hall–Kier alpha value is -4.32. The Morgan fingerprint density at radius 2 is 1.23 bits per heavy atom. The summed E-state index contributed by atoms with van der Waals surface area (Å²) in [6.07, 6.45) is 0. The molecule has 0 amide bonds. The molecule has 6 nitrogen and oxygen atoms in total. The standard InChI is InChI=1S/C24H18N2O4/c25-18-7-1-5-16(12-18)23(27)29-20-10-11-21-15(14-20)4-3-9-22(21)30-24(28)17-6-2-8-19(26)13-17/h1-14H,25-26H2. The second-order valence-corrected chi connectivity index (χ2v) is 6.67. The fraction of sp³-hybridized carbons (Fsp3) is 0. The lowest BCUT2D eigenvalue weighted by atomic mass is 10.1. The fourth-order valence-corrected chi connectivity index (χ4v) is 3.04. The zero-order valence-electron chi connectivity index (χ0n) is 15.9. The SMILES string of the molecule is Nc1cccc(C(=O)Oc2ccc3c(OC(=O)c4cccc(N)c4)cccc3c2)c1. The lowest BCUT2D eigenvalue weighted by molar-refractivity contribution is 0.0727. The number of benzene rings is 4. The Balaban J connectivity index is 1.57. The Bertz CT molecular complexity index is 1270. The first kappa shape index (κ1) is 19.0. The van der Waals surface area contributed by atoms with Crippen LogP contribution in [0.2, 0.25) is 0 Å². The van der Waals surface area contributed by atoms with E-state index < -0.39 is 11.9 Å². The van der Waals surface area contributed by atoms with Gasteiger partial charge in [0.15, 0.2) is 0 Å². The van der Waals surface area contributed by atoms with E-state index >= 15 is 0 Å². The van der Waals surface area contributed by atoms with E-state index in [2.05, 4.69) is 0 Å². The third-order valence-corrected chi connectivity index (χ3v) is 4.47. The Morgan fingerprint density at radius 3 is 1.87 bits per heavy atom. The van der Waals surface area contributed by atoms with Gasteiger partial charge in [-0.2, -0.15) is 0 Å². The summed E-state index contributed by atoms with van der Waals surface area (Å²) in [5.41, 5.74) is 13.1. The predicted molar refractivity (Wildman–Crippen MR) is 116 cm³/mol. The molecule has 6 heteroatoms. The minimum atomic E-state index is -0.508. The van der Waals surface area contributed by atoms with Gasteiger partial charge in [-0.05, 0) is 66.0 Å². The summed E-state index contributed by atoms with van der Waals surface area (Å²) in [6, 6.07) is 23.5. The van der Waals surface area contributed by atoms with Crippen molar-refractivity contribution in [1.29, 1.82) is 0 Å². The van der Waals surface area contributed by atoms with E-state index in [0.29, 0.717) is 39.4 Å². The fourth-order valence-electron chi connectivity index (χ4n) is 3.04. The number of esters is 2. The van der Waals surface area contributed by atoms with Gasteiger partial charge >= 0.3 is 11.9 Å². The molecule has 0 heterocycles. The van der Waals surface area contributed by atoms with E-state index in [1.54, 1.807) is 78.9 Å². The van der Waals surface area contributed by atoms with E-state index in [1.807, 2.05) is 6.07 Å². The maximum absolute atomic E-state index is 12.4. The van der Waals surface area contributed by atoms with Crippen LogP contribution in [0.25, 0.3) is 10.8 Å². The van der Waals surface area contributed by atoms with Crippen LogP contribution in [-0.4, -0.2) is 11.9 Å². The van der Waals surface area contributed by atoms with Crippen LogP contribution in [0.3, 0.4) is 0 Å². The van der Waals surface area contributed by atoms with E-state index in [1.165, 1.54) is 0 Å². The van der Waals surface area contributed by atoms with Gasteiger partial charge in [0, 0.05) is 16.8 Å². The van der Waals surface area contributed by atoms with Crippen molar-refractivity contribution in [2.45, 2.75) is 0 Å². The van der Waals surface area contributed by atoms with Gasteiger partial charge < -0.3 is 20.9 Å². The third kappa shape index (κ3) is 4.07. The molecular weight excluding hydrogens is 380 g/mol. The lowest BCUT2D eigenvalue weighted by Gasteiger charge is -2.10. The van der Waals surface area contributed by atoms with Gasteiger partial charge in [0.25, 0.3) is 0 Å². The minimum Gasteiger partial charge on any atom is -0.423 e. The van der Waals surface area contributed by atoms with Gasteiger partial charge in [-0.25, -0.2) is 9.59 Å². The molecule has 4 rings (SSSR count). The summed E-state index contributed by atoms with van der Waals surface area (Å²) < 4.78 is 11.0. The molecule has 0 aliphatic rings. The zero-order chi connectivity index (χ0) is 21.1. The molecule has 30 heavy (non-hydrogen) atoms. The van der Waals surface area contributed by atoms with Crippen molar-refractivity contribution in [2.24, 2.45) is 0 Å². The van der Waals surface area contributed by atoms with E-state index in [0.717, 1.165) is 5.39 Å².